The summed E-state index contributed by atoms with van der Waals surface area (Å²) in [5, 5.41) is 12.2. The molecule has 0 radical (unpaired) electrons. The Kier molecular flexibility index (Phi) is 4.17. The van der Waals surface area contributed by atoms with Crippen LogP contribution in [-0.4, -0.2) is 34.6 Å². The number of urea groups is 1. The molecule has 0 unspecified atom stereocenters. The number of nitrogens with one attached hydrogen (secondary N) is 1. The quantitative estimate of drug-likeness (QED) is 0.882. The highest BCUT2D eigenvalue weighted by Crippen LogP contribution is 2.30. The second-order valence-electron chi connectivity index (χ2n) is 4.22. The third-order valence-corrected chi connectivity index (χ3v) is 3.81. The maximum atomic E-state index is 12.0. The van der Waals surface area contributed by atoms with Crippen molar-refractivity contribution in [1.29, 1.82) is 0 Å². The lowest BCUT2D eigenvalue weighted by atomic mass is 10.2. The number of amides is 2. The number of anilines is 1. The van der Waals surface area contributed by atoms with Gasteiger partial charge in [0.1, 0.15) is 6.04 Å². The molecule has 1 heterocycles. The number of hydrogen-bond donors (Lipinski definition) is 2. The van der Waals surface area contributed by atoms with Crippen LogP contribution in [0.5, 0.6) is 0 Å². The van der Waals surface area contributed by atoms with Crippen molar-refractivity contribution in [3.63, 3.8) is 0 Å². The van der Waals surface area contributed by atoms with Gasteiger partial charge in [-0.15, -0.1) is 0 Å². The number of hydrogen-bond acceptors (Lipinski definition) is 2. The highest BCUT2D eigenvalue weighted by molar-refractivity contribution is 6.43. The maximum absolute atomic E-state index is 12.0. The summed E-state index contributed by atoms with van der Waals surface area (Å²) in [7, 11) is 0. The highest BCUT2D eigenvalue weighted by atomic mass is 35.5. The molecule has 0 saturated carbocycles. The second-order valence-corrected chi connectivity index (χ2v) is 5.01. The molecule has 102 valence electrons. The predicted octanol–water partition coefficient (Wildman–Crippen LogP) is 3.07. The molecule has 1 aliphatic rings. The van der Waals surface area contributed by atoms with Crippen molar-refractivity contribution < 1.29 is 14.7 Å². The van der Waals surface area contributed by atoms with Gasteiger partial charge in [-0.3, -0.25) is 0 Å². The van der Waals surface area contributed by atoms with Crippen LogP contribution >= 0.6 is 23.2 Å². The molecule has 1 aliphatic heterocycles. The summed E-state index contributed by atoms with van der Waals surface area (Å²) in [5.74, 6) is -0.996. The SMILES string of the molecule is O=C(O)[C@@H]1CCCN1C(=O)Nc1cccc(Cl)c1Cl. The summed E-state index contributed by atoms with van der Waals surface area (Å²) in [6, 6.07) is 3.61. The van der Waals surface area contributed by atoms with Crippen molar-refractivity contribution in [3.8, 4) is 0 Å². The summed E-state index contributed by atoms with van der Waals surface area (Å²) in [4.78, 5) is 24.4. The van der Waals surface area contributed by atoms with Gasteiger partial charge in [-0.1, -0.05) is 29.3 Å². The number of likely N-dealkylation sites (tertiary alicyclic amines) is 1. The van der Waals surface area contributed by atoms with E-state index in [-0.39, 0.29) is 5.02 Å². The van der Waals surface area contributed by atoms with E-state index >= 15 is 0 Å². The second kappa shape index (κ2) is 5.67. The molecule has 2 amide bonds. The predicted molar refractivity (Wildman–Crippen MR) is 72.8 cm³/mol. The Hall–Kier alpha value is -1.46. The Morgan fingerprint density at radius 2 is 2.11 bits per heavy atom. The van der Waals surface area contributed by atoms with Crippen molar-refractivity contribution in [3.05, 3.63) is 28.2 Å². The molecule has 0 bridgehead atoms. The van der Waals surface area contributed by atoms with E-state index in [1.807, 2.05) is 0 Å². The van der Waals surface area contributed by atoms with Crippen LogP contribution in [0.25, 0.3) is 0 Å². The summed E-state index contributed by atoms with van der Waals surface area (Å²) >= 11 is 11.8. The zero-order valence-corrected chi connectivity index (χ0v) is 11.4. The number of aliphatic carboxylic acids is 1. The van der Waals surface area contributed by atoms with Gasteiger partial charge in [-0.05, 0) is 25.0 Å². The van der Waals surface area contributed by atoms with Crippen LogP contribution in [0.15, 0.2) is 18.2 Å². The molecule has 2 N–H and O–H groups in total. The lowest BCUT2D eigenvalue weighted by Crippen LogP contribution is -2.42. The molecule has 2 rings (SSSR count). The number of carboxylic acid groups (broad SMARTS) is 1. The summed E-state index contributed by atoms with van der Waals surface area (Å²) < 4.78 is 0. The summed E-state index contributed by atoms with van der Waals surface area (Å²) in [6.45, 7) is 0.418. The number of nitrogens with zero attached hydrogens (tertiary/aromatic N) is 1. The monoisotopic (exact) mass is 302 g/mol. The average Bonchev–Trinajstić information content (AvgIpc) is 2.84. The fraction of sp³-hybridized carbons (Fsp3) is 0.333. The van der Waals surface area contributed by atoms with Gasteiger partial charge in [-0.2, -0.15) is 0 Å². The van der Waals surface area contributed by atoms with Crippen molar-refractivity contribution in [2.24, 2.45) is 0 Å². The Morgan fingerprint density at radius 1 is 1.37 bits per heavy atom. The average molecular weight is 303 g/mol. The van der Waals surface area contributed by atoms with Crippen molar-refractivity contribution in [1.82, 2.24) is 4.90 Å². The molecule has 19 heavy (non-hydrogen) atoms. The van der Waals surface area contributed by atoms with Gasteiger partial charge in [0.25, 0.3) is 0 Å². The number of carbonyl (C=O) groups is 2. The molecule has 0 aliphatic carbocycles. The van der Waals surface area contributed by atoms with E-state index in [2.05, 4.69) is 5.32 Å². The molecule has 7 heteroatoms. The lowest BCUT2D eigenvalue weighted by molar-refractivity contribution is -0.141. The normalized spacial score (nSPS) is 18.4. The standard InChI is InChI=1S/C12H12Cl2N2O3/c13-7-3-1-4-8(10(7)14)15-12(19)16-6-2-5-9(16)11(17)18/h1,3-4,9H,2,5-6H2,(H,15,19)(H,17,18)/t9-/m0/s1. The van der Waals surface area contributed by atoms with Crippen molar-refractivity contribution >= 4 is 40.9 Å². The number of halogens is 2. The minimum Gasteiger partial charge on any atom is -0.480 e. The van der Waals surface area contributed by atoms with Crippen LogP contribution < -0.4 is 5.32 Å². The van der Waals surface area contributed by atoms with Gasteiger partial charge in [0.05, 0.1) is 15.7 Å². The van der Waals surface area contributed by atoms with Crippen LogP contribution in [0, 0.1) is 0 Å². The zero-order chi connectivity index (χ0) is 14.0. The van der Waals surface area contributed by atoms with Gasteiger partial charge >= 0.3 is 12.0 Å². The smallest absolute Gasteiger partial charge is 0.326 e. The van der Waals surface area contributed by atoms with E-state index in [1.54, 1.807) is 18.2 Å². The number of rotatable bonds is 2. The summed E-state index contributed by atoms with van der Waals surface area (Å²) in [6.07, 6.45) is 1.14. The van der Waals surface area contributed by atoms with Crippen molar-refractivity contribution in [2.75, 3.05) is 11.9 Å². The fourth-order valence-electron chi connectivity index (χ4n) is 2.05. The Morgan fingerprint density at radius 3 is 2.79 bits per heavy atom. The van der Waals surface area contributed by atoms with Gasteiger partial charge in [0, 0.05) is 6.54 Å². The number of carboxylic acids is 1. The first-order chi connectivity index (χ1) is 9.00. The highest BCUT2D eigenvalue weighted by Gasteiger charge is 2.34. The van der Waals surface area contributed by atoms with E-state index < -0.39 is 18.0 Å². The van der Waals surface area contributed by atoms with Crippen molar-refractivity contribution in [2.45, 2.75) is 18.9 Å². The van der Waals surface area contributed by atoms with Crippen LogP contribution in [0.2, 0.25) is 10.0 Å². The van der Waals surface area contributed by atoms with E-state index in [0.29, 0.717) is 30.1 Å². The van der Waals surface area contributed by atoms with Crippen LogP contribution in [0.4, 0.5) is 10.5 Å². The molecule has 1 aromatic carbocycles. The van der Waals surface area contributed by atoms with E-state index in [4.69, 9.17) is 28.3 Å². The molecule has 0 aromatic heterocycles. The third-order valence-electron chi connectivity index (χ3n) is 2.99. The van der Waals surface area contributed by atoms with Crippen LogP contribution in [0.1, 0.15) is 12.8 Å². The lowest BCUT2D eigenvalue weighted by Gasteiger charge is -2.22. The maximum Gasteiger partial charge on any atom is 0.326 e. The molecule has 0 spiro atoms. The first-order valence-corrected chi connectivity index (χ1v) is 6.50. The third kappa shape index (κ3) is 2.93. The molecule has 1 atom stereocenters. The van der Waals surface area contributed by atoms with E-state index in [0.717, 1.165) is 0 Å². The molecule has 5 nitrogen and oxygen atoms in total. The largest absolute Gasteiger partial charge is 0.480 e. The first kappa shape index (κ1) is 14.0. The van der Waals surface area contributed by atoms with Gasteiger partial charge in [-0.25, -0.2) is 9.59 Å². The molecular weight excluding hydrogens is 291 g/mol. The van der Waals surface area contributed by atoms with Gasteiger partial charge in [0.15, 0.2) is 0 Å². The first-order valence-electron chi connectivity index (χ1n) is 5.75. The molecule has 1 fully saturated rings. The summed E-state index contributed by atoms with van der Waals surface area (Å²) in [5.41, 5.74) is 0.371. The van der Waals surface area contributed by atoms with Gasteiger partial charge < -0.3 is 15.3 Å². The fourth-order valence-corrected chi connectivity index (χ4v) is 2.40. The number of benzene rings is 1. The Labute approximate surface area is 120 Å². The minimum atomic E-state index is -0.996. The van der Waals surface area contributed by atoms with Crippen LogP contribution in [0.3, 0.4) is 0 Å². The molecule has 1 saturated heterocycles. The Bertz CT molecular complexity index is 522. The molecular formula is C12H12Cl2N2O3. The zero-order valence-electron chi connectivity index (χ0n) is 9.90. The number of carbonyl (C=O) groups excluding carboxylic acids is 1. The van der Waals surface area contributed by atoms with E-state index in [1.165, 1.54) is 4.90 Å². The van der Waals surface area contributed by atoms with Gasteiger partial charge in [0.2, 0.25) is 0 Å². The van der Waals surface area contributed by atoms with Crippen LogP contribution in [-0.2, 0) is 4.79 Å². The van der Waals surface area contributed by atoms with E-state index in [9.17, 15) is 9.59 Å². The molecule has 1 aromatic rings. The topological polar surface area (TPSA) is 69.6 Å². The minimum absolute atomic E-state index is 0.239. The Balaban J connectivity index is 2.13.